The Morgan fingerprint density at radius 1 is 1.24 bits per heavy atom. The zero-order chi connectivity index (χ0) is 15.4. The molecular weight excluding hydrogens is 424 g/mol. The Hall–Kier alpha value is -0.730. The summed E-state index contributed by atoms with van der Waals surface area (Å²) in [5, 5.41) is 14.7. The van der Waals surface area contributed by atoms with Crippen LogP contribution in [0.3, 0.4) is 0 Å². The topological polar surface area (TPSA) is 78.4 Å². The molecule has 1 aromatic rings. The van der Waals surface area contributed by atoms with Gasteiger partial charge in [-0.05, 0) is 52.4 Å². The number of halogens is 2. The van der Waals surface area contributed by atoms with E-state index in [1.807, 2.05) is 11.8 Å². The van der Waals surface area contributed by atoms with E-state index in [0.717, 1.165) is 24.3 Å². The first-order valence-electron chi connectivity index (χ1n) is 6.35. The van der Waals surface area contributed by atoms with Crippen LogP contribution in [-0.2, 0) is 0 Å². The van der Waals surface area contributed by atoms with Gasteiger partial charge in [-0.1, -0.05) is 15.9 Å². The fourth-order valence-corrected chi connectivity index (χ4v) is 4.48. The number of rotatable bonds is 3. The first-order valence-corrected chi connectivity index (χ1v) is 9.09. The van der Waals surface area contributed by atoms with Crippen LogP contribution in [0.1, 0.15) is 23.2 Å². The number of anilines is 1. The summed E-state index contributed by atoms with van der Waals surface area (Å²) in [6.45, 7) is 0. The maximum atomic E-state index is 12.0. The molecule has 0 saturated carbocycles. The van der Waals surface area contributed by atoms with Crippen LogP contribution in [0.15, 0.2) is 21.1 Å². The molecule has 1 aromatic carbocycles. The number of hydrogen-bond acceptors (Lipinski definition) is 3. The zero-order valence-corrected chi connectivity index (χ0v) is 15.0. The largest absolute Gasteiger partial charge is 0.478 e. The van der Waals surface area contributed by atoms with Gasteiger partial charge in [0.25, 0.3) is 0 Å². The molecule has 1 saturated heterocycles. The Morgan fingerprint density at radius 3 is 2.52 bits per heavy atom. The highest BCUT2D eigenvalue weighted by Crippen LogP contribution is 2.31. The maximum Gasteiger partial charge on any atom is 0.337 e. The first kappa shape index (κ1) is 16.6. The van der Waals surface area contributed by atoms with Gasteiger partial charge in [-0.3, -0.25) is 0 Å². The van der Waals surface area contributed by atoms with E-state index in [0.29, 0.717) is 8.95 Å². The molecule has 5 nitrogen and oxygen atoms in total. The minimum atomic E-state index is -1.10. The molecule has 2 rings (SSSR count). The summed E-state index contributed by atoms with van der Waals surface area (Å²) in [5.74, 6) is 0.974. The second kappa shape index (κ2) is 7.51. The highest BCUT2D eigenvalue weighted by Gasteiger charge is 2.19. The molecular formula is C13H14Br2N2O3S. The van der Waals surface area contributed by atoms with E-state index in [1.54, 1.807) is 6.07 Å². The number of carbonyl (C=O) groups is 2. The molecule has 21 heavy (non-hydrogen) atoms. The molecule has 0 aliphatic carbocycles. The Labute approximate surface area is 143 Å². The van der Waals surface area contributed by atoms with Crippen LogP contribution in [0.25, 0.3) is 0 Å². The number of carboxylic acids is 1. The molecule has 0 bridgehead atoms. The number of urea groups is 1. The van der Waals surface area contributed by atoms with Crippen LogP contribution < -0.4 is 10.6 Å². The molecule has 2 amide bonds. The number of aromatic carboxylic acids is 1. The summed E-state index contributed by atoms with van der Waals surface area (Å²) in [6.07, 6.45) is 1.87. The standard InChI is InChI=1S/C13H14Br2N2O3S/c14-7-5-9(12(18)19)11(10(15)6-7)17-13(20)16-8-1-3-21-4-2-8/h5-6,8H,1-4H2,(H,18,19)(H2,16,17,20). The van der Waals surface area contributed by atoms with Gasteiger partial charge in [-0.2, -0.15) is 11.8 Å². The molecule has 1 aliphatic heterocycles. The van der Waals surface area contributed by atoms with Crippen molar-refractivity contribution in [3.05, 3.63) is 26.6 Å². The molecule has 1 aliphatic rings. The minimum absolute atomic E-state index is 0.0330. The van der Waals surface area contributed by atoms with E-state index in [1.165, 1.54) is 6.07 Å². The third kappa shape index (κ3) is 4.62. The number of thioether (sulfide) groups is 1. The minimum Gasteiger partial charge on any atom is -0.478 e. The summed E-state index contributed by atoms with van der Waals surface area (Å²) in [7, 11) is 0. The number of benzene rings is 1. The smallest absolute Gasteiger partial charge is 0.337 e. The number of nitrogens with one attached hydrogen (secondary N) is 2. The molecule has 0 radical (unpaired) electrons. The Bertz CT molecular complexity index is 563. The molecule has 0 atom stereocenters. The van der Waals surface area contributed by atoms with Crippen molar-refractivity contribution in [3.63, 3.8) is 0 Å². The average molecular weight is 438 g/mol. The van der Waals surface area contributed by atoms with Gasteiger partial charge in [-0.25, -0.2) is 9.59 Å². The lowest BCUT2D eigenvalue weighted by Gasteiger charge is -2.23. The summed E-state index contributed by atoms with van der Waals surface area (Å²) < 4.78 is 1.14. The predicted octanol–water partition coefficient (Wildman–Crippen LogP) is 3.93. The summed E-state index contributed by atoms with van der Waals surface area (Å²) >= 11 is 8.40. The van der Waals surface area contributed by atoms with Gasteiger partial charge >= 0.3 is 12.0 Å². The van der Waals surface area contributed by atoms with Crippen molar-refractivity contribution in [2.45, 2.75) is 18.9 Å². The van der Waals surface area contributed by atoms with E-state index in [9.17, 15) is 14.7 Å². The summed E-state index contributed by atoms with van der Waals surface area (Å²) in [5.41, 5.74) is 0.291. The molecule has 0 aromatic heterocycles. The lowest BCUT2D eigenvalue weighted by Crippen LogP contribution is -2.40. The van der Waals surface area contributed by atoms with Crippen LogP contribution in [0, 0.1) is 0 Å². The van der Waals surface area contributed by atoms with Crippen molar-refractivity contribution in [1.29, 1.82) is 0 Å². The van der Waals surface area contributed by atoms with Gasteiger partial charge in [0, 0.05) is 15.0 Å². The maximum absolute atomic E-state index is 12.0. The highest BCUT2D eigenvalue weighted by atomic mass is 79.9. The number of amides is 2. The lowest BCUT2D eigenvalue weighted by molar-refractivity contribution is 0.0698. The Kier molecular flexibility index (Phi) is 5.95. The van der Waals surface area contributed by atoms with E-state index < -0.39 is 5.97 Å². The van der Waals surface area contributed by atoms with Crippen LogP contribution in [-0.4, -0.2) is 34.7 Å². The Balaban J connectivity index is 2.11. The predicted molar refractivity (Wildman–Crippen MR) is 91.3 cm³/mol. The number of hydrogen-bond donors (Lipinski definition) is 3. The molecule has 1 fully saturated rings. The van der Waals surface area contributed by atoms with Crippen molar-refractivity contribution in [2.24, 2.45) is 0 Å². The highest BCUT2D eigenvalue weighted by molar-refractivity contribution is 9.11. The van der Waals surface area contributed by atoms with Gasteiger partial charge in [0.15, 0.2) is 0 Å². The van der Waals surface area contributed by atoms with E-state index >= 15 is 0 Å². The van der Waals surface area contributed by atoms with Gasteiger partial charge in [0.2, 0.25) is 0 Å². The second-order valence-corrected chi connectivity index (χ2v) is 7.60. The molecule has 8 heteroatoms. The average Bonchev–Trinajstić information content (AvgIpc) is 2.42. The van der Waals surface area contributed by atoms with Gasteiger partial charge < -0.3 is 15.7 Å². The third-order valence-electron chi connectivity index (χ3n) is 3.08. The molecule has 1 heterocycles. The lowest BCUT2D eigenvalue weighted by atomic mass is 10.1. The molecule has 0 spiro atoms. The third-order valence-corrected chi connectivity index (χ3v) is 5.21. The summed E-state index contributed by atoms with van der Waals surface area (Å²) in [4.78, 5) is 23.3. The van der Waals surface area contributed by atoms with Crippen molar-refractivity contribution in [1.82, 2.24) is 5.32 Å². The van der Waals surface area contributed by atoms with Crippen molar-refractivity contribution in [2.75, 3.05) is 16.8 Å². The molecule has 3 N–H and O–H groups in total. The van der Waals surface area contributed by atoms with E-state index in [4.69, 9.17) is 0 Å². The fraction of sp³-hybridized carbons (Fsp3) is 0.385. The molecule has 114 valence electrons. The normalized spacial score (nSPS) is 15.5. The van der Waals surface area contributed by atoms with E-state index in [2.05, 4.69) is 42.5 Å². The van der Waals surface area contributed by atoms with Gasteiger partial charge in [0.05, 0.1) is 11.3 Å². The molecule has 0 unspecified atom stereocenters. The van der Waals surface area contributed by atoms with Gasteiger partial charge in [0.1, 0.15) is 0 Å². The fourth-order valence-electron chi connectivity index (χ4n) is 2.05. The van der Waals surface area contributed by atoms with E-state index in [-0.39, 0.29) is 23.3 Å². The van der Waals surface area contributed by atoms with Crippen LogP contribution >= 0.6 is 43.6 Å². The first-order chi connectivity index (χ1) is 9.97. The van der Waals surface area contributed by atoms with Crippen molar-refractivity contribution >= 4 is 61.3 Å². The monoisotopic (exact) mass is 436 g/mol. The summed E-state index contributed by atoms with van der Waals surface area (Å²) in [6, 6.07) is 2.92. The van der Waals surface area contributed by atoms with Crippen LogP contribution in [0.5, 0.6) is 0 Å². The second-order valence-electron chi connectivity index (χ2n) is 4.60. The zero-order valence-electron chi connectivity index (χ0n) is 11.0. The van der Waals surface area contributed by atoms with Gasteiger partial charge in [-0.15, -0.1) is 0 Å². The Morgan fingerprint density at radius 2 is 1.90 bits per heavy atom. The number of carboxylic acid groups (broad SMARTS) is 1. The van der Waals surface area contributed by atoms with Crippen LogP contribution in [0.4, 0.5) is 10.5 Å². The number of carbonyl (C=O) groups excluding carboxylic acids is 1. The SMILES string of the molecule is O=C(Nc1c(Br)cc(Br)cc1C(=O)O)NC1CCSCC1. The van der Waals surface area contributed by atoms with Crippen LogP contribution in [0.2, 0.25) is 0 Å². The quantitative estimate of drug-likeness (QED) is 0.669. The van der Waals surface area contributed by atoms with Crippen molar-refractivity contribution < 1.29 is 14.7 Å². The van der Waals surface area contributed by atoms with Crippen molar-refractivity contribution in [3.8, 4) is 0 Å².